The summed E-state index contributed by atoms with van der Waals surface area (Å²) < 4.78 is 68.3. The van der Waals surface area contributed by atoms with Gasteiger partial charge < -0.3 is 29.9 Å². The number of nitrogens with one attached hydrogen (secondary N) is 2. The van der Waals surface area contributed by atoms with Crippen molar-refractivity contribution in [2.45, 2.75) is 39.5 Å². The molecule has 1 saturated heterocycles. The van der Waals surface area contributed by atoms with E-state index in [0.29, 0.717) is 31.3 Å². The SMILES string of the molecule is CCN(CC)C(=O)c1ccc(Oc2nc(Nc3ccc(OCCCN4CCCCC4)c(F)c3)ncc2C(=O)Nc2ccc(F)c(F)c2F)c(Cl)c1. The average Bonchev–Trinajstić information content (AvgIpc) is 3.13. The van der Waals surface area contributed by atoms with Gasteiger partial charge in [0.15, 0.2) is 29.0 Å². The molecule has 51 heavy (non-hydrogen) atoms. The molecule has 1 aromatic heterocycles. The molecule has 0 aliphatic carbocycles. The number of halogens is 5. The number of nitrogens with zero attached hydrogens (tertiary/aromatic N) is 4. The Balaban J connectivity index is 1.36. The van der Waals surface area contributed by atoms with E-state index in [0.717, 1.165) is 38.3 Å². The number of anilines is 3. The molecule has 270 valence electrons. The number of likely N-dealkylation sites (tertiary alicyclic amines) is 1. The van der Waals surface area contributed by atoms with Crippen molar-refractivity contribution in [1.82, 2.24) is 19.8 Å². The van der Waals surface area contributed by atoms with Gasteiger partial charge in [0.1, 0.15) is 11.3 Å². The molecule has 0 atom stereocenters. The van der Waals surface area contributed by atoms with Crippen LogP contribution in [0.4, 0.5) is 34.9 Å². The first kappa shape index (κ1) is 37.3. The highest BCUT2D eigenvalue weighted by molar-refractivity contribution is 6.32. The predicted molar refractivity (Wildman–Crippen MR) is 185 cm³/mol. The maximum atomic E-state index is 15.0. The zero-order chi connectivity index (χ0) is 36.5. The van der Waals surface area contributed by atoms with Gasteiger partial charge in [-0.15, -0.1) is 0 Å². The lowest BCUT2D eigenvalue weighted by atomic mass is 10.1. The Hall–Kier alpha value is -4.95. The summed E-state index contributed by atoms with van der Waals surface area (Å²) in [6.07, 6.45) is 5.43. The molecule has 0 radical (unpaired) electrons. The Morgan fingerprint density at radius 1 is 0.922 bits per heavy atom. The van der Waals surface area contributed by atoms with Crippen LogP contribution in [0, 0.1) is 23.3 Å². The van der Waals surface area contributed by atoms with Crippen molar-refractivity contribution >= 4 is 40.7 Å². The number of amides is 2. The maximum absolute atomic E-state index is 15.0. The second-order valence-electron chi connectivity index (χ2n) is 11.7. The molecule has 1 aliphatic rings. The highest BCUT2D eigenvalue weighted by Gasteiger charge is 2.23. The van der Waals surface area contributed by atoms with Crippen LogP contribution < -0.4 is 20.1 Å². The monoisotopic (exact) mass is 728 g/mol. The lowest BCUT2D eigenvalue weighted by molar-refractivity contribution is 0.0772. The van der Waals surface area contributed by atoms with E-state index in [-0.39, 0.29) is 45.5 Å². The molecule has 0 saturated carbocycles. The van der Waals surface area contributed by atoms with Crippen LogP contribution >= 0.6 is 11.6 Å². The van der Waals surface area contributed by atoms with Gasteiger partial charge in [0.25, 0.3) is 11.8 Å². The van der Waals surface area contributed by atoms with E-state index in [9.17, 15) is 27.2 Å². The number of hydrogen-bond acceptors (Lipinski definition) is 8. The summed E-state index contributed by atoms with van der Waals surface area (Å²) in [4.78, 5) is 38.5. The van der Waals surface area contributed by atoms with Crippen LogP contribution in [0.2, 0.25) is 5.02 Å². The van der Waals surface area contributed by atoms with Crippen LogP contribution in [0.1, 0.15) is 60.2 Å². The van der Waals surface area contributed by atoms with Gasteiger partial charge in [-0.05, 0) is 88.7 Å². The van der Waals surface area contributed by atoms with E-state index in [1.807, 2.05) is 13.8 Å². The summed E-state index contributed by atoms with van der Waals surface area (Å²) in [5.74, 6) is -7.15. The average molecular weight is 729 g/mol. The zero-order valence-corrected chi connectivity index (χ0v) is 28.8. The van der Waals surface area contributed by atoms with Gasteiger partial charge in [-0.3, -0.25) is 9.59 Å². The second kappa shape index (κ2) is 17.3. The maximum Gasteiger partial charge on any atom is 0.262 e. The normalized spacial score (nSPS) is 13.1. The van der Waals surface area contributed by atoms with E-state index < -0.39 is 34.9 Å². The van der Waals surface area contributed by atoms with E-state index in [1.54, 1.807) is 11.0 Å². The van der Waals surface area contributed by atoms with E-state index in [1.165, 1.54) is 49.6 Å². The molecule has 2 heterocycles. The van der Waals surface area contributed by atoms with Gasteiger partial charge in [0.05, 0.1) is 17.3 Å². The minimum absolute atomic E-state index is 0.00157. The number of benzene rings is 3. The Morgan fingerprint density at radius 3 is 2.37 bits per heavy atom. The lowest BCUT2D eigenvalue weighted by Crippen LogP contribution is -2.31. The van der Waals surface area contributed by atoms with Gasteiger partial charge in [-0.25, -0.2) is 22.5 Å². The first-order valence-electron chi connectivity index (χ1n) is 16.6. The van der Waals surface area contributed by atoms with Crippen molar-refractivity contribution in [2.75, 3.05) is 50.0 Å². The van der Waals surface area contributed by atoms with Crippen molar-refractivity contribution in [3.05, 3.63) is 94.1 Å². The first-order chi connectivity index (χ1) is 24.6. The van der Waals surface area contributed by atoms with Crippen LogP contribution in [0.5, 0.6) is 17.4 Å². The van der Waals surface area contributed by atoms with E-state index >= 15 is 0 Å². The molecule has 1 aliphatic heterocycles. The minimum atomic E-state index is -1.77. The smallest absolute Gasteiger partial charge is 0.262 e. The van der Waals surface area contributed by atoms with Crippen LogP contribution in [0.15, 0.2) is 54.7 Å². The summed E-state index contributed by atoms with van der Waals surface area (Å²) >= 11 is 6.48. The van der Waals surface area contributed by atoms with Crippen LogP contribution in [0.25, 0.3) is 0 Å². The number of aromatic nitrogens is 2. The zero-order valence-electron chi connectivity index (χ0n) is 28.1. The fraction of sp³-hybridized carbons (Fsp3) is 0.333. The Kier molecular flexibility index (Phi) is 12.7. The molecule has 4 aromatic rings. The van der Waals surface area contributed by atoms with Crippen molar-refractivity contribution in [2.24, 2.45) is 0 Å². The van der Waals surface area contributed by atoms with Gasteiger partial charge in [0, 0.05) is 43.1 Å². The fourth-order valence-corrected chi connectivity index (χ4v) is 5.68. The van der Waals surface area contributed by atoms with E-state index in [4.69, 9.17) is 21.1 Å². The van der Waals surface area contributed by atoms with Gasteiger partial charge >= 0.3 is 0 Å². The van der Waals surface area contributed by atoms with Crippen molar-refractivity contribution in [3.63, 3.8) is 0 Å². The number of rotatable bonds is 14. The van der Waals surface area contributed by atoms with Gasteiger partial charge in [0.2, 0.25) is 11.8 Å². The molecular formula is C36H37ClF4N6O4. The summed E-state index contributed by atoms with van der Waals surface area (Å²) in [7, 11) is 0. The molecule has 5 rings (SSSR count). The molecule has 10 nitrogen and oxygen atoms in total. The molecule has 0 unspecified atom stereocenters. The molecule has 0 spiro atoms. The highest BCUT2D eigenvalue weighted by Crippen LogP contribution is 2.33. The quantitative estimate of drug-likeness (QED) is 0.0760. The fourth-order valence-electron chi connectivity index (χ4n) is 5.46. The first-order valence-corrected chi connectivity index (χ1v) is 17.0. The Bertz CT molecular complexity index is 1870. The van der Waals surface area contributed by atoms with Crippen LogP contribution in [-0.2, 0) is 0 Å². The largest absolute Gasteiger partial charge is 0.490 e. The second-order valence-corrected chi connectivity index (χ2v) is 12.1. The van der Waals surface area contributed by atoms with E-state index in [2.05, 4.69) is 25.5 Å². The molecule has 2 amide bonds. The molecular weight excluding hydrogens is 692 g/mol. The van der Waals surface area contributed by atoms with Crippen LogP contribution in [-0.4, -0.2) is 70.9 Å². The summed E-state index contributed by atoms with van der Waals surface area (Å²) in [6, 6.07) is 10.0. The number of hydrogen-bond donors (Lipinski definition) is 2. The lowest BCUT2D eigenvalue weighted by Gasteiger charge is -2.26. The topological polar surface area (TPSA) is 109 Å². The molecule has 0 bridgehead atoms. The number of carbonyl (C=O) groups excluding carboxylic acids is 2. The van der Waals surface area contributed by atoms with Gasteiger partial charge in [-0.2, -0.15) is 4.98 Å². The summed E-state index contributed by atoms with van der Waals surface area (Å²) in [5, 5.41) is 5.00. The number of piperidine rings is 1. The molecule has 3 aromatic carbocycles. The Morgan fingerprint density at radius 2 is 1.67 bits per heavy atom. The highest BCUT2D eigenvalue weighted by atomic mass is 35.5. The number of ether oxygens (including phenoxy) is 2. The third-order valence-electron chi connectivity index (χ3n) is 8.23. The van der Waals surface area contributed by atoms with Gasteiger partial charge in [-0.1, -0.05) is 18.0 Å². The summed E-state index contributed by atoms with van der Waals surface area (Å²) in [6.45, 7) is 8.03. The third-order valence-corrected chi connectivity index (χ3v) is 8.53. The molecule has 2 N–H and O–H groups in total. The standard InChI is InChI=1S/C36H37ClF4N6O4/c1-3-47(4-2)35(49)22-9-13-29(25(37)19-22)51-34-24(33(48)44-28-12-11-26(38)31(40)32(28)41)21-42-36(45-34)43-23-10-14-30(27(39)20-23)50-18-8-17-46-15-6-5-7-16-46/h9-14,19-21H,3-8,15-18H2,1-2H3,(H,44,48)(H,42,43,45). The molecule has 15 heteroatoms. The van der Waals surface area contributed by atoms with Crippen molar-refractivity contribution < 1.29 is 36.6 Å². The van der Waals surface area contributed by atoms with Crippen molar-refractivity contribution in [1.29, 1.82) is 0 Å². The minimum Gasteiger partial charge on any atom is -0.490 e. The Labute approximate surface area is 297 Å². The summed E-state index contributed by atoms with van der Waals surface area (Å²) in [5.41, 5.74) is -0.445. The predicted octanol–water partition coefficient (Wildman–Crippen LogP) is 8.21. The van der Waals surface area contributed by atoms with Crippen LogP contribution in [0.3, 0.4) is 0 Å². The third kappa shape index (κ3) is 9.44. The number of carbonyl (C=O) groups is 2. The molecule has 1 fully saturated rings. The van der Waals surface area contributed by atoms with Crippen molar-refractivity contribution in [3.8, 4) is 17.4 Å².